The number of para-hydroxylation sites is 1. The average Bonchev–Trinajstić information content (AvgIpc) is 3.31. The summed E-state index contributed by atoms with van der Waals surface area (Å²) in [4.78, 5) is 18.0. The Labute approximate surface area is 219 Å². The molecule has 184 valence electrons. The van der Waals surface area contributed by atoms with Gasteiger partial charge in [-0.25, -0.2) is 9.97 Å². The van der Waals surface area contributed by atoms with E-state index in [1.54, 1.807) is 0 Å². The number of piperazine rings is 1. The Morgan fingerprint density at radius 2 is 1.82 bits per heavy atom. The van der Waals surface area contributed by atoms with Crippen molar-refractivity contribution in [3.63, 3.8) is 0 Å². The lowest BCUT2D eigenvalue weighted by atomic mass is 9.86. The van der Waals surface area contributed by atoms with E-state index in [0.717, 1.165) is 76.2 Å². The lowest BCUT2D eigenvalue weighted by Crippen LogP contribution is -2.50. The third-order valence-electron chi connectivity index (χ3n) is 7.17. The second kappa shape index (κ2) is 11.5. The van der Waals surface area contributed by atoms with Crippen LogP contribution in [-0.2, 0) is 0 Å². The number of benzene rings is 1. The van der Waals surface area contributed by atoms with Crippen LogP contribution < -0.4 is 20.3 Å². The second-order valence-corrected chi connectivity index (χ2v) is 9.31. The predicted octanol–water partition coefficient (Wildman–Crippen LogP) is 3.22. The number of hydrogen-bond acceptors (Lipinski definition) is 6. The van der Waals surface area contributed by atoms with E-state index in [1.165, 1.54) is 18.4 Å². The molecule has 0 radical (unpaired) electrons. The molecule has 1 saturated carbocycles. The summed E-state index contributed by atoms with van der Waals surface area (Å²) >= 11 is 0. The van der Waals surface area contributed by atoms with Crippen molar-refractivity contribution in [2.45, 2.75) is 43.7 Å². The first-order valence-corrected chi connectivity index (χ1v) is 12.2. The van der Waals surface area contributed by atoms with Crippen molar-refractivity contribution in [2.75, 3.05) is 51.2 Å². The number of aliphatic imine (C=N–C) groups is 1. The third-order valence-corrected chi connectivity index (χ3v) is 7.17. The van der Waals surface area contributed by atoms with Crippen molar-refractivity contribution in [1.29, 1.82) is 0 Å². The predicted molar refractivity (Wildman–Crippen MR) is 146 cm³/mol. The Hall–Kier alpha value is -2.14. The monoisotopic (exact) mass is 577 g/mol. The summed E-state index contributed by atoms with van der Waals surface area (Å²) in [7, 11) is 1.85. The fourth-order valence-corrected chi connectivity index (χ4v) is 5.39. The molecule has 3 heterocycles. The number of fused-ring (bicyclic) bond motifs is 1. The molecular weight excluding hydrogens is 541 g/mol. The van der Waals surface area contributed by atoms with E-state index >= 15 is 0 Å². The molecule has 2 fully saturated rings. The summed E-state index contributed by atoms with van der Waals surface area (Å²) in [6.07, 6.45) is 9.41. The molecule has 1 unspecified atom stereocenters. The highest BCUT2D eigenvalue weighted by Gasteiger charge is 2.43. The fraction of sp³-hybridized carbons (Fsp3) is 0.560. The minimum absolute atomic E-state index is 0. The zero-order chi connectivity index (χ0) is 22.5. The van der Waals surface area contributed by atoms with E-state index in [2.05, 4.69) is 59.7 Å². The number of nitrogens with zero attached hydrogens (tertiary/aromatic N) is 5. The average molecular weight is 578 g/mol. The van der Waals surface area contributed by atoms with Gasteiger partial charge in [-0.2, -0.15) is 0 Å². The number of ether oxygens (including phenoxy) is 1. The summed E-state index contributed by atoms with van der Waals surface area (Å²) in [5.41, 5.74) is 1.21. The first kappa shape index (κ1) is 25.0. The molecule has 0 bridgehead atoms. The van der Waals surface area contributed by atoms with Gasteiger partial charge < -0.3 is 20.3 Å². The van der Waals surface area contributed by atoms with Gasteiger partial charge in [0.2, 0.25) is 5.95 Å². The van der Waals surface area contributed by atoms with Crippen molar-refractivity contribution < 1.29 is 4.74 Å². The molecule has 1 saturated heterocycles. The van der Waals surface area contributed by atoms with Crippen LogP contribution in [0.25, 0.3) is 0 Å². The Balaban J connectivity index is 0.00000274. The molecule has 1 aliphatic carbocycles. The van der Waals surface area contributed by atoms with Gasteiger partial charge in [0.25, 0.3) is 0 Å². The molecule has 2 N–H and O–H groups in total. The minimum Gasteiger partial charge on any atom is -0.487 e. The number of anilines is 1. The minimum atomic E-state index is -0.0208. The topological polar surface area (TPSA) is 77.9 Å². The van der Waals surface area contributed by atoms with Gasteiger partial charge in [-0.15, -0.1) is 24.0 Å². The summed E-state index contributed by atoms with van der Waals surface area (Å²) in [6, 6.07) is 10.5. The molecule has 0 amide bonds. The number of guanidine groups is 1. The number of rotatable bonds is 5. The zero-order valence-corrected chi connectivity index (χ0v) is 22.3. The van der Waals surface area contributed by atoms with Gasteiger partial charge in [0.05, 0.1) is 6.04 Å². The van der Waals surface area contributed by atoms with Crippen LogP contribution in [0.3, 0.4) is 0 Å². The lowest BCUT2D eigenvalue weighted by molar-refractivity contribution is 0.0396. The number of aromatic nitrogens is 2. The van der Waals surface area contributed by atoms with Crippen molar-refractivity contribution >= 4 is 35.9 Å². The van der Waals surface area contributed by atoms with Crippen LogP contribution in [-0.4, -0.2) is 72.7 Å². The van der Waals surface area contributed by atoms with Gasteiger partial charge in [0, 0.05) is 70.7 Å². The fourth-order valence-electron chi connectivity index (χ4n) is 5.39. The van der Waals surface area contributed by atoms with Crippen LogP contribution in [0.5, 0.6) is 5.75 Å². The summed E-state index contributed by atoms with van der Waals surface area (Å²) < 4.78 is 6.51. The summed E-state index contributed by atoms with van der Waals surface area (Å²) in [5, 5.41) is 7.23. The molecular formula is C25H36IN7O. The summed E-state index contributed by atoms with van der Waals surface area (Å²) in [5.74, 6) is 2.72. The van der Waals surface area contributed by atoms with Gasteiger partial charge >= 0.3 is 0 Å². The summed E-state index contributed by atoms with van der Waals surface area (Å²) in [6.45, 7) is 5.79. The molecule has 2 aliphatic heterocycles. The molecule has 5 rings (SSSR count). The Morgan fingerprint density at radius 1 is 1.09 bits per heavy atom. The molecule has 1 spiro atoms. The molecule has 9 heteroatoms. The van der Waals surface area contributed by atoms with Crippen LogP contribution in [0.1, 0.15) is 43.7 Å². The highest BCUT2D eigenvalue weighted by atomic mass is 127. The molecule has 1 aromatic carbocycles. The number of halogens is 1. The first-order chi connectivity index (χ1) is 16.2. The van der Waals surface area contributed by atoms with Crippen LogP contribution in [0.4, 0.5) is 5.95 Å². The molecule has 3 aliphatic rings. The maximum atomic E-state index is 6.51. The Morgan fingerprint density at radius 3 is 2.56 bits per heavy atom. The van der Waals surface area contributed by atoms with Gasteiger partial charge in [-0.05, 0) is 37.8 Å². The smallest absolute Gasteiger partial charge is 0.225 e. The van der Waals surface area contributed by atoms with E-state index in [9.17, 15) is 0 Å². The standard InChI is InChI=1S/C25H35N7O.HI/c1-26-23(27-13-14-31-15-17-32(18-16-31)24-28-11-6-12-29-24)30-21-19-25(9-4-5-10-25)33-22-8-3-2-7-20(21)22;/h2-3,6-8,11-12,21H,4-5,9-10,13-19H2,1H3,(H2,26,27,30);1H. The van der Waals surface area contributed by atoms with Crippen LogP contribution in [0.2, 0.25) is 0 Å². The van der Waals surface area contributed by atoms with E-state index in [1.807, 2.05) is 25.5 Å². The van der Waals surface area contributed by atoms with Crippen LogP contribution in [0.15, 0.2) is 47.7 Å². The molecule has 2 aromatic rings. The van der Waals surface area contributed by atoms with Gasteiger partial charge in [-0.1, -0.05) is 18.2 Å². The molecule has 1 atom stereocenters. The third kappa shape index (κ3) is 5.73. The van der Waals surface area contributed by atoms with E-state index in [4.69, 9.17) is 4.74 Å². The quantitative estimate of drug-likeness (QED) is 0.321. The van der Waals surface area contributed by atoms with E-state index in [0.29, 0.717) is 0 Å². The molecule has 34 heavy (non-hydrogen) atoms. The zero-order valence-electron chi connectivity index (χ0n) is 19.9. The van der Waals surface area contributed by atoms with Crippen molar-refractivity contribution in [2.24, 2.45) is 4.99 Å². The van der Waals surface area contributed by atoms with Crippen molar-refractivity contribution in [1.82, 2.24) is 25.5 Å². The number of hydrogen-bond donors (Lipinski definition) is 2. The van der Waals surface area contributed by atoms with Crippen molar-refractivity contribution in [3.05, 3.63) is 48.3 Å². The van der Waals surface area contributed by atoms with Gasteiger partial charge in [-0.3, -0.25) is 9.89 Å². The Bertz CT molecular complexity index is 943. The van der Waals surface area contributed by atoms with E-state index in [-0.39, 0.29) is 35.6 Å². The molecule has 1 aromatic heterocycles. The Kier molecular flexibility index (Phi) is 8.46. The van der Waals surface area contributed by atoms with Gasteiger partial charge in [0.15, 0.2) is 5.96 Å². The highest BCUT2D eigenvalue weighted by Crippen LogP contribution is 2.46. The second-order valence-electron chi connectivity index (χ2n) is 9.31. The van der Waals surface area contributed by atoms with Crippen LogP contribution >= 0.6 is 24.0 Å². The number of nitrogens with one attached hydrogen (secondary N) is 2. The first-order valence-electron chi connectivity index (χ1n) is 12.2. The maximum absolute atomic E-state index is 6.51. The SMILES string of the molecule is CN=C(NCCN1CCN(c2ncccn2)CC1)NC1CC2(CCCC2)Oc2ccccc21.I. The van der Waals surface area contributed by atoms with E-state index < -0.39 is 0 Å². The lowest BCUT2D eigenvalue weighted by Gasteiger charge is -2.40. The molecule has 8 nitrogen and oxygen atoms in total. The van der Waals surface area contributed by atoms with Crippen molar-refractivity contribution in [3.8, 4) is 5.75 Å². The largest absolute Gasteiger partial charge is 0.487 e. The van der Waals surface area contributed by atoms with Crippen LogP contribution in [0, 0.1) is 0 Å². The normalized spacial score (nSPS) is 22.0. The maximum Gasteiger partial charge on any atom is 0.225 e. The van der Waals surface area contributed by atoms with Gasteiger partial charge in [0.1, 0.15) is 11.4 Å². The highest BCUT2D eigenvalue weighted by molar-refractivity contribution is 14.0.